The lowest BCUT2D eigenvalue weighted by Crippen LogP contribution is -2.16. The summed E-state index contributed by atoms with van der Waals surface area (Å²) in [5.41, 5.74) is 4.49. The molecule has 0 saturated carbocycles. The van der Waals surface area contributed by atoms with E-state index in [1.807, 2.05) is 48.7 Å². The third kappa shape index (κ3) is 1.69. The van der Waals surface area contributed by atoms with E-state index in [4.69, 9.17) is 4.74 Å². The molecule has 0 bridgehead atoms. The number of hydrogen-bond acceptors (Lipinski definition) is 2. The van der Waals surface area contributed by atoms with Crippen LogP contribution in [0, 0.1) is 0 Å². The van der Waals surface area contributed by atoms with Crippen LogP contribution < -0.4 is 4.74 Å². The monoisotopic (exact) mass is 259 g/mol. The molecule has 2 heterocycles. The summed E-state index contributed by atoms with van der Waals surface area (Å²) in [6, 6.07) is 22.5. The van der Waals surface area contributed by atoms with Crippen molar-refractivity contribution in [1.82, 2.24) is 4.98 Å². The minimum atomic E-state index is -0.137. The van der Waals surface area contributed by atoms with Crippen molar-refractivity contribution in [3.63, 3.8) is 0 Å². The van der Waals surface area contributed by atoms with Crippen LogP contribution in [0.15, 0.2) is 72.9 Å². The van der Waals surface area contributed by atoms with Crippen LogP contribution >= 0.6 is 0 Å². The number of benzene rings is 2. The van der Waals surface area contributed by atoms with Crippen LogP contribution in [0.1, 0.15) is 17.4 Å². The first-order chi connectivity index (χ1) is 9.93. The van der Waals surface area contributed by atoms with Gasteiger partial charge in [-0.15, -0.1) is 0 Å². The number of hydrogen-bond donors (Lipinski definition) is 0. The zero-order valence-corrected chi connectivity index (χ0v) is 10.9. The molecule has 20 heavy (non-hydrogen) atoms. The van der Waals surface area contributed by atoms with Gasteiger partial charge in [0.25, 0.3) is 0 Å². The smallest absolute Gasteiger partial charge is 0.166 e. The van der Waals surface area contributed by atoms with Crippen LogP contribution in [0.3, 0.4) is 0 Å². The largest absolute Gasteiger partial charge is 0.479 e. The highest BCUT2D eigenvalue weighted by molar-refractivity contribution is 5.76. The Morgan fingerprint density at radius 1 is 0.750 bits per heavy atom. The van der Waals surface area contributed by atoms with Crippen molar-refractivity contribution < 1.29 is 4.74 Å². The van der Waals surface area contributed by atoms with Gasteiger partial charge in [0.05, 0.1) is 5.69 Å². The highest BCUT2D eigenvalue weighted by Gasteiger charge is 2.27. The highest BCUT2D eigenvalue weighted by Crippen LogP contribution is 2.43. The molecule has 4 rings (SSSR count). The van der Waals surface area contributed by atoms with Crippen molar-refractivity contribution >= 4 is 0 Å². The number of nitrogens with zero attached hydrogens (tertiary/aromatic N) is 1. The molecule has 0 saturated heterocycles. The highest BCUT2D eigenvalue weighted by atomic mass is 16.5. The minimum absolute atomic E-state index is 0.137. The van der Waals surface area contributed by atoms with E-state index in [-0.39, 0.29) is 6.10 Å². The number of ether oxygens (including phenoxy) is 1. The summed E-state index contributed by atoms with van der Waals surface area (Å²) in [6.45, 7) is 0. The Labute approximate surface area is 117 Å². The maximum Gasteiger partial charge on any atom is 0.166 e. The van der Waals surface area contributed by atoms with Crippen molar-refractivity contribution in [2.75, 3.05) is 0 Å². The van der Waals surface area contributed by atoms with Crippen molar-refractivity contribution in [1.29, 1.82) is 0 Å². The molecule has 0 spiro atoms. The molecule has 3 aromatic rings. The fourth-order valence-electron chi connectivity index (χ4n) is 2.70. The standard InChI is InChI=1S/C18H13NO/c1-2-9-15-13(7-1)14-8-3-4-11-17(14)20-18(15)16-10-5-6-12-19-16/h1-12,18H. The summed E-state index contributed by atoms with van der Waals surface area (Å²) in [6.07, 6.45) is 1.67. The molecule has 96 valence electrons. The average molecular weight is 259 g/mol. The molecule has 1 atom stereocenters. The second kappa shape index (κ2) is 4.49. The quantitative estimate of drug-likeness (QED) is 0.652. The molecule has 1 aromatic heterocycles. The second-order valence-electron chi connectivity index (χ2n) is 4.84. The first-order valence-electron chi connectivity index (χ1n) is 6.69. The second-order valence-corrected chi connectivity index (χ2v) is 4.84. The summed E-state index contributed by atoms with van der Waals surface area (Å²) in [7, 11) is 0. The van der Waals surface area contributed by atoms with Gasteiger partial charge in [0.1, 0.15) is 5.75 Å². The molecular weight excluding hydrogens is 246 g/mol. The Kier molecular flexibility index (Phi) is 2.52. The van der Waals surface area contributed by atoms with E-state index < -0.39 is 0 Å². The minimum Gasteiger partial charge on any atom is -0.479 e. The van der Waals surface area contributed by atoms with Crippen LogP contribution in [-0.4, -0.2) is 4.98 Å². The maximum absolute atomic E-state index is 6.18. The number of aromatic nitrogens is 1. The number of pyridine rings is 1. The van der Waals surface area contributed by atoms with Crippen LogP contribution in [0.25, 0.3) is 11.1 Å². The van der Waals surface area contributed by atoms with Crippen molar-refractivity contribution in [3.8, 4) is 16.9 Å². The maximum atomic E-state index is 6.18. The van der Waals surface area contributed by atoms with Gasteiger partial charge in [-0.1, -0.05) is 48.5 Å². The molecule has 0 aliphatic carbocycles. The Balaban J connectivity index is 1.93. The Bertz CT molecular complexity index is 752. The van der Waals surface area contributed by atoms with E-state index in [9.17, 15) is 0 Å². The van der Waals surface area contributed by atoms with Gasteiger partial charge in [-0.3, -0.25) is 4.98 Å². The third-order valence-corrected chi connectivity index (χ3v) is 3.62. The summed E-state index contributed by atoms with van der Waals surface area (Å²) in [4.78, 5) is 4.45. The van der Waals surface area contributed by atoms with E-state index >= 15 is 0 Å². The fraction of sp³-hybridized carbons (Fsp3) is 0.0556. The molecule has 2 nitrogen and oxygen atoms in total. The van der Waals surface area contributed by atoms with E-state index in [1.165, 1.54) is 11.1 Å². The molecule has 1 unspecified atom stereocenters. The van der Waals surface area contributed by atoms with Gasteiger partial charge >= 0.3 is 0 Å². The van der Waals surface area contributed by atoms with Crippen LogP contribution in [0.4, 0.5) is 0 Å². The van der Waals surface area contributed by atoms with Gasteiger partial charge in [0.2, 0.25) is 0 Å². The number of para-hydroxylation sites is 1. The van der Waals surface area contributed by atoms with Gasteiger partial charge in [-0.05, 0) is 23.8 Å². The Hall–Kier alpha value is -2.61. The lowest BCUT2D eigenvalue weighted by atomic mass is 9.91. The molecule has 1 aliphatic rings. The molecule has 1 aliphatic heterocycles. The Morgan fingerprint density at radius 2 is 1.50 bits per heavy atom. The van der Waals surface area contributed by atoms with E-state index in [2.05, 4.69) is 29.2 Å². The summed E-state index contributed by atoms with van der Waals surface area (Å²) in [5, 5.41) is 0. The first kappa shape index (κ1) is 11.2. The van der Waals surface area contributed by atoms with Crippen LogP contribution in [0.2, 0.25) is 0 Å². The predicted octanol–water partition coefficient (Wildman–Crippen LogP) is 4.23. The van der Waals surface area contributed by atoms with Gasteiger partial charge in [-0.2, -0.15) is 0 Å². The average Bonchev–Trinajstić information content (AvgIpc) is 2.55. The summed E-state index contributed by atoms with van der Waals surface area (Å²) >= 11 is 0. The van der Waals surface area contributed by atoms with E-state index in [1.54, 1.807) is 0 Å². The van der Waals surface area contributed by atoms with Crippen molar-refractivity contribution in [2.24, 2.45) is 0 Å². The molecular formula is C18H13NO. The molecule has 0 amide bonds. The van der Waals surface area contributed by atoms with Gasteiger partial charge in [0.15, 0.2) is 6.10 Å². The molecule has 0 N–H and O–H groups in total. The third-order valence-electron chi connectivity index (χ3n) is 3.62. The lowest BCUT2D eigenvalue weighted by molar-refractivity contribution is 0.238. The molecule has 0 fully saturated rings. The van der Waals surface area contributed by atoms with Gasteiger partial charge < -0.3 is 4.74 Å². The number of rotatable bonds is 1. The zero-order valence-electron chi connectivity index (χ0n) is 10.9. The molecule has 2 aromatic carbocycles. The number of fused-ring (bicyclic) bond motifs is 3. The summed E-state index contributed by atoms with van der Waals surface area (Å²) < 4.78 is 6.18. The first-order valence-corrected chi connectivity index (χ1v) is 6.69. The zero-order chi connectivity index (χ0) is 13.4. The van der Waals surface area contributed by atoms with Gasteiger partial charge in [-0.25, -0.2) is 0 Å². The molecule has 2 heteroatoms. The van der Waals surface area contributed by atoms with Crippen molar-refractivity contribution in [3.05, 3.63) is 84.2 Å². The summed E-state index contributed by atoms with van der Waals surface area (Å²) in [5.74, 6) is 0.918. The van der Waals surface area contributed by atoms with Gasteiger partial charge in [0, 0.05) is 17.3 Å². The van der Waals surface area contributed by atoms with Crippen LogP contribution in [-0.2, 0) is 0 Å². The van der Waals surface area contributed by atoms with Crippen LogP contribution in [0.5, 0.6) is 5.75 Å². The topological polar surface area (TPSA) is 22.1 Å². The fourth-order valence-corrected chi connectivity index (χ4v) is 2.70. The normalized spacial score (nSPS) is 15.9. The predicted molar refractivity (Wildman–Crippen MR) is 78.6 cm³/mol. The molecule has 0 radical (unpaired) electrons. The lowest BCUT2D eigenvalue weighted by Gasteiger charge is -2.28. The van der Waals surface area contributed by atoms with Crippen molar-refractivity contribution in [2.45, 2.75) is 6.10 Å². The van der Waals surface area contributed by atoms with E-state index in [0.29, 0.717) is 0 Å². The SMILES string of the molecule is c1ccc(C2Oc3ccccc3-c3ccccc32)nc1. The van der Waals surface area contributed by atoms with E-state index in [0.717, 1.165) is 17.0 Å². The Morgan fingerprint density at radius 3 is 2.35 bits per heavy atom.